The summed E-state index contributed by atoms with van der Waals surface area (Å²) in [6, 6.07) is 0. The molecule has 0 aromatic carbocycles. The molecule has 0 saturated heterocycles. The molecule has 0 aliphatic heterocycles. The van der Waals surface area contributed by atoms with Crippen molar-refractivity contribution in [3.05, 3.63) is 0 Å². The van der Waals surface area contributed by atoms with Gasteiger partial charge in [-0.1, -0.05) is 0 Å². The molecule has 0 aromatic heterocycles. The molecule has 0 unspecified atom stereocenters. The monoisotopic (exact) mass is 2800 g/mol. The molecule has 0 rings (SSSR count). The van der Waals surface area contributed by atoms with E-state index in [0.717, 1.165) is 0 Å². The molecule has 0 nitrogen and oxygen atoms in total. The van der Waals surface area contributed by atoms with Gasteiger partial charge in [0, 0.05) is 1880 Å². The topological polar surface area (TPSA) is 0 Å². The summed E-state index contributed by atoms with van der Waals surface area (Å²) in [5.41, 5.74) is 0. The van der Waals surface area contributed by atoms with Gasteiger partial charge in [-0.25, -0.2) is 0 Å². The van der Waals surface area contributed by atoms with Crippen LogP contribution in [-0.4, -0.2) is 0 Å². The minimum atomic E-state index is 0. The second kappa shape index (κ2) is 1460. The molecule has 0 bridgehead atoms. The molecule has 0 fully saturated rings. The third kappa shape index (κ3) is 1430. The van der Waals surface area contributed by atoms with E-state index in [1.165, 1.54) is 0 Å². The van der Waals surface area contributed by atoms with Crippen LogP contribution < -0.4 is 0 Å². The Balaban J connectivity index is 0. The van der Waals surface area contributed by atoms with E-state index in [4.69, 9.17) is 0 Å². The molecule has 100 heteroatoms. The summed E-state index contributed by atoms with van der Waals surface area (Å²) >= 11 is 0. The molecule has 0 atom stereocenters. The number of hydrogen-bond donors (Lipinski definition) is 0. The summed E-state index contributed by atoms with van der Waals surface area (Å²) in [7, 11) is 0. The fourth-order valence-electron chi connectivity index (χ4n) is 0. The predicted molar refractivity (Wildman–Crippen MR) is 0 cm³/mol. The summed E-state index contributed by atoms with van der Waals surface area (Å²) in [4.78, 5) is 0. The van der Waals surface area contributed by atoms with Crippen molar-refractivity contribution in [3.8, 4) is 0 Å². The summed E-state index contributed by atoms with van der Waals surface area (Å²) in [5, 5.41) is 0. The first-order valence-corrected chi connectivity index (χ1v) is 0. The first-order valence-electron chi connectivity index (χ1n) is 0. The quantitative estimate of drug-likeness (QED) is 0.321. The smallest absolute Gasteiger partial charge is 0 e. The van der Waals surface area contributed by atoms with Crippen LogP contribution in [0.15, 0.2) is 0 Å². The van der Waals surface area contributed by atoms with Crippen LogP contribution in [0.3, 0.4) is 0 Å². The largest absolute Gasteiger partial charge is 0 e. The normalized spacial score (nSPS) is 0. The van der Waals surface area contributed by atoms with Crippen LogP contribution in [0.2, 0.25) is 0 Å². The summed E-state index contributed by atoms with van der Waals surface area (Å²) in [5.74, 6) is 0. The molecule has 800 valence electrons. The van der Waals surface area contributed by atoms with Crippen molar-refractivity contribution >= 4 is 0 Å². The molecule has 100 heavy (non-hydrogen) atoms. The molecule has 0 radical (unpaired) electrons. The fraction of sp³-hybridized carbons (Fsp3) is 0. The third-order valence-electron chi connectivity index (χ3n) is 0. The number of hydrogen-bond acceptors (Lipinski definition) is 0. The van der Waals surface area contributed by atoms with Gasteiger partial charge in [0.15, 0.2) is 0 Å². The Kier molecular flexibility index (Phi) is 21700. The second-order valence-corrected chi connectivity index (χ2v) is 0. The minimum absolute atomic E-state index is 0. The van der Waals surface area contributed by atoms with Gasteiger partial charge in [0.1, 0.15) is 0 Å². The van der Waals surface area contributed by atoms with Crippen LogP contribution >= 0.6 is 0 Å². The number of rotatable bonds is 0. The van der Waals surface area contributed by atoms with Crippen molar-refractivity contribution in [2.75, 3.05) is 0 Å². The van der Waals surface area contributed by atoms with E-state index >= 15 is 0 Å². The van der Waals surface area contributed by atoms with Crippen molar-refractivity contribution in [1.82, 2.24) is 0 Å². The van der Waals surface area contributed by atoms with E-state index in [1.807, 2.05) is 0 Å². The van der Waals surface area contributed by atoms with Gasteiger partial charge < -0.3 is 0 Å². The SMILES string of the molecule is [Ar].[Ar].[Ar].[Ar].[Ar].[Ar].[Ar].[Ar].[Ar].[Ar].[Ar].[Ar].[Ar].[Ar].[Ar].[Ar].[Ar].[Ar].[Ar].[Ar].[Ar].[Ar].[Ar].[Ar].[Ar].[Ar].[Ar].[Ar].[Ar].[Ar].[Ar].[Ar].[Ar].[Ar].[Ar].[Ar].[Ar].[Ar].[Ar].[Ar].[Ne].[Ne].[Ne].[Ne].[Ne].[Ne].[Ne].[Ne].[Ne].[Ne].[Ne].[Ne].[Ne].[Ne].[Ne].[Ne].[Ne].[Ne].[Ne].[Ne].[Ne].[Ne].[Ne].[Ne].[Ne].[Ne].[Ne].[Ne].[Ne].[Ne].[Ne].[Ne].[Ne].[Ne].[Ne].[Ne].[Ne].[Ne].[Ne].[Ne].[Ne].[Ne].[Ne].[Ne].[Ne].[Ne].[Ne].[Ne].[Ne].[Ne].[Ne].[Ne].[Ne].[Ne].[Ne].[Ne].[Ne].[Ne].[Ne].[Ne]. The molecular formula is Ar40Ne60. The van der Waals surface area contributed by atoms with Gasteiger partial charge in [-0.15, -0.1) is 0 Å². The van der Waals surface area contributed by atoms with Crippen LogP contribution in [0.5, 0.6) is 0 Å². The molecule has 0 heterocycles. The Bertz CT molecular complexity index is 97.1. The van der Waals surface area contributed by atoms with E-state index in [9.17, 15) is 0 Å². The van der Waals surface area contributed by atoms with Crippen molar-refractivity contribution in [2.45, 2.75) is 0 Å². The van der Waals surface area contributed by atoms with Crippen LogP contribution in [0, 0.1) is 1880 Å². The Morgan fingerprint density at radius 2 is 0.0200 bits per heavy atom. The Morgan fingerprint density at radius 1 is 0.0200 bits per heavy atom. The molecule has 0 amide bonds. The van der Waals surface area contributed by atoms with E-state index in [1.54, 1.807) is 0 Å². The maximum atomic E-state index is 0. The zero-order chi connectivity index (χ0) is 0. The van der Waals surface area contributed by atoms with Crippen LogP contribution in [0.4, 0.5) is 0 Å². The summed E-state index contributed by atoms with van der Waals surface area (Å²) < 4.78 is 0. The Morgan fingerprint density at radius 3 is 0.0200 bits per heavy atom. The Labute approximate surface area is 1810 Å². The van der Waals surface area contributed by atoms with Gasteiger partial charge in [0.05, 0.1) is 0 Å². The molecule has 0 aromatic rings. The zero-order valence-electron chi connectivity index (χ0n) is 35.4. The molecular weight excluding hydrogens is 2810 g/mol. The molecule has 0 aliphatic rings. The fourth-order valence-corrected chi connectivity index (χ4v) is 0. The van der Waals surface area contributed by atoms with Crippen LogP contribution in [0.25, 0.3) is 0 Å². The maximum Gasteiger partial charge on any atom is 0 e. The van der Waals surface area contributed by atoms with Crippen molar-refractivity contribution < 1.29 is 1880 Å². The molecule has 0 aliphatic carbocycles. The first-order chi connectivity index (χ1) is 0. The van der Waals surface area contributed by atoms with E-state index < -0.39 is 0 Å². The second-order valence-electron chi connectivity index (χ2n) is 0. The van der Waals surface area contributed by atoms with Crippen molar-refractivity contribution in [3.63, 3.8) is 0 Å². The molecule has 0 saturated carbocycles. The third-order valence-corrected chi connectivity index (χ3v) is 0. The predicted octanol–water partition coefficient (Wildman–Crippen LogP) is 0. The Hall–Kier alpha value is 44.9. The van der Waals surface area contributed by atoms with Crippen LogP contribution in [0.1, 0.15) is 0 Å². The minimum Gasteiger partial charge on any atom is 0 e. The first kappa shape index (κ1) is 1490. The molecule has 0 spiro atoms. The van der Waals surface area contributed by atoms with E-state index in [0.29, 0.717) is 0 Å². The van der Waals surface area contributed by atoms with E-state index in [2.05, 4.69) is 0 Å². The average Bonchev–Trinajstić information content (AvgIpc) is 0. The average molecular weight is 2810 g/mol. The van der Waals surface area contributed by atoms with Gasteiger partial charge in [-0.2, -0.15) is 0 Å². The standard InChI is InChI=1S/40Ar.60Ne. The van der Waals surface area contributed by atoms with Crippen LogP contribution in [-0.2, 0) is 0 Å². The van der Waals surface area contributed by atoms with Crippen molar-refractivity contribution in [2.24, 2.45) is 0 Å². The maximum absolute atomic E-state index is 0. The van der Waals surface area contributed by atoms with Gasteiger partial charge in [-0.3, -0.25) is 0 Å². The van der Waals surface area contributed by atoms with Gasteiger partial charge in [-0.05, 0) is 0 Å². The van der Waals surface area contributed by atoms with Crippen molar-refractivity contribution in [1.29, 1.82) is 0 Å². The summed E-state index contributed by atoms with van der Waals surface area (Å²) in [6.07, 6.45) is 0. The molecule has 0 N–H and O–H groups in total. The van der Waals surface area contributed by atoms with E-state index in [-0.39, 0.29) is 1880 Å². The van der Waals surface area contributed by atoms with Gasteiger partial charge in [0.2, 0.25) is 0 Å². The summed E-state index contributed by atoms with van der Waals surface area (Å²) in [6.45, 7) is 0. The zero-order valence-corrected chi connectivity index (χ0v) is 63.6. The van der Waals surface area contributed by atoms with Gasteiger partial charge in [0.25, 0.3) is 0 Å². The van der Waals surface area contributed by atoms with Gasteiger partial charge >= 0.3 is 0 Å².